The number of carbonyl (C=O) groups excluding carboxylic acids is 1. The van der Waals surface area contributed by atoms with E-state index in [1.165, 1.54) is 11.1 Å². The van der Waals surface area contributed by atoms with Crippen molar-refractivity contribution in [1.29, 1.82) is 0 Å². The number of carbonyl (C=O) groups is 1. The molecule has 1 fully saturated rings. The molecule has 0 bridgehead atoms. The minimum Gasteiger partial charge on any atom is -0.486 e. The van der Waals surface area contributed by atoms with E-state index in [0.29, 0.717) is 12.1 Å². The predicted octanol–water partition coefficient (Wildman–Crippen LogP) is 1.57. The number of fused-ring (bicyclic) bond motifs is 2. The van der Waals surface area contributed by atoms with Crippen LogP contribution < -0.4 is 15.0 Å². The Morgan fingerprint density at radius 2 is 2.14 bits per heavy atom. The lowest BCUT2D eigenvalue weighted by atomic mass is 10.1. The second-order valence-corrected chi connectivity index (χ2v) is 7.84. The minimum absolute atomic E-state index is 0.0691. The third kappa shape index (κ3) is 3.58. The van der Waals surface area contributed by atoms with Gasteiger partial charge in [-0.05, 0) is 17.2 Å². The van der Waals surface area contributed by atoms with Gasteiger partial charge in [0.05, 0.1) is 11.3 Å². The van der Waals surface area contributed by atoms with E-state index in [4.69, 9.17) is 4.74 Å². The second-order valence-electron chi connectivity index (χ2n) is 7.84. The fourth-order valence-corrected chi connectivity index (χ4v) is 4.22. The molecule has 4 heterocycles. The number of nitrogens with one attached hydrogen (secondary N) is 1. The zero-order chi connectivity index (χ0) is 19.8. The zero-order valence-electron chi connectivity index (χ0n) is 16.4. The van der Waals surface area contributed by atoms with Crippen molar-refractivity contribution in [3.8, 4) is 5.75 Å². The topological polar surface area (TPSA) is 70.6 Å². The summed E-state index contributed by atoms with van der Waals surface area (Å²) in [6.07, 6.45) is 5.32. The summed E-state index contributed by atoms with van der Waals surface area (Å²) in [5.74, 6) is 1.66. The average Bonchev–Trinajstić information content (AvgIpc) is 3.17. The first kappa shape index (κ1) is 18.1. The van der Waals surface area contributed by atoms with Crippen LogP contribution in [0.5, 0.6) is 5.75 Å². The lowest BCUT2D eigenvalue weighted by molar-refractivity contribution is 0.0944. The van der Waals surface area contributed by atoms with E-state index in [9.17, 15) is 4.79 Å². The molecule has 5 rings (SSSR count). The van der Waals surface area contributed by atoms with Crippen LogP contribution >= 0.6 is 0 Å². The van der Waals surface area contributed by atoms with Crippen molar-refractivity contribution in [3.63, 3.8) is 0 Å². The third-order valence-corrected chi connectivity index (χ3v) is 5.90. The van der Waals surface area contributed by atoms with Crippen LogP contribution in [0.3, 0.4) is 0 Å². The molecule has 29 heavy (non-hydrogen) atoms. The maximum Gasteiger partial charge on any atom is 0.254 e. The van der Waals surface area contributed by atoms with Gasteiger partial charge in [-0.1, -0.05) is 24.8 Å². The Labute approximate surface area is 170 Å². The Bertz CT molecular complexity index is 952. The molecule has 1 aromatic heterocycles. The summed E-state index contributed by atoms with van der Waals surface area (Å²) in [6.45, 7) is 9.06. The van der Waals surface area contributed by atoms with Crippen LogP contribution in [-0.2, 0) is 19.4 Å². The Balaban J connectivity index is 1.20. The van der Waals surface area contributed by atoms with Gasteiger partial charge in [0, 0.05) is 58.3 Å². The largest absolute Gasteiger partial charge is 0.486 e. The molecule has 1 saturated heterocycles. The highest BCUT2D eigenvalue weighted by atomic mass is 16.5. The number of ether oxygens (including phenoxy) is 1. The van der Waals surface area contributed by atoms with Crippen LogP contribution in [0.4, 0.5) is 5.95 Å². The standard InChI is InChI=1S/C22H25N5O2/c1-2-17-12-16-4-3-15(11-20(16)29-17)14-26-7-9-27(10-8-26)22-24-13-18-19(25-22)5-6-23-21(18)28/h2-4,11,13,17H,1,5-10,12,14H2,(H,23,28)/t17-/m0/s1. The fourth-order valence-electron chi connectivity index (χ4n) is 4.22. The molecular weight excluding hydrogens is 366 g/mol. The van der Waals surface area contributed by atoms with Crippen LogP contribution in [0.15, 0.2) is 37.1 Å². The van der Waals surface area contributed by atoms with Gasteiger partial charge in [0.15, 0.2) is 0 Å². The van der Waals surface area contributed by atoms with E-state index >= 15 is 0 Å². The normalized spacial score (nSPS) is 21.2. The molecule has 1 amide bonds. The lowest BCUT2D eigenvalue weighted by Gasteiger charge is -2.35. The second kappa shape index (κ2) is 7.48. The zero-order valence-corrected chi connectivity index (χ0v) is 16.4. The minimum atomic E-state index is -0.0691. The molecule has 0 spiro atoms. The van der Waals surface area contributed by atoms with E-state index in [0.717, 1.165) is 63.0 Å². The SMILES string of the molecule is C=C[C@H]1Cc2ccc(CN3CCN(c4ncc5c(n4)CCNC5=O)CC3)cc2O1. The van der Waals surface area contributed by atoms with Gasteiger partial charge in [0.1, 0.15) is 11.9 Å². The molecule has 3 aliphatic heterocycles. The quantitative estimate of drug-likeness (QED) is 0.798. The maximum atomic E-state index is 11.9. The number of piperazine rings is 1. The molecule has 0 radical (unpaired) electrons. The van der Waals surface area contributed by atoms with Gasteiger partial charge in [-0.15, -0.1) is 0 Å². The highest BCUT2D eigenvalue weighted by molar-refractivity contribution is 5.96. The van der Waals surface area contributed by atoms with Gasteiger partial charge >= 0.3 is 0 Å². The van der Waals surface area contributed by atoms with Crippen molar-refractivity contribution in [2.45, 2.75) is 25.5 Å². The van der Waals surface area contributed by atoms with E-state index in [2.05, 4.69) is 49.9 Å². The lowest BCUT2D eigenvalue weighted by Crippen LogP contribution is -2.46. The number of anilines is 1. The summed E-state index contributed by atoms with van der Waals surface area (Å²) in [7, 11) is 0. The summed E-state index contributed by atoms with van der Waals surface area (Å²) < 4.78 is 5.92. The van der Waals surface area contributed by atoms with Gasteiger partial charge in [-0.3, -0.25) is 9.69 Å². The number of nitrogens with zero attached hydrogens (tertiary/aromatic N) is 4. The number of amides is 1. The summed E-state index contributed by atoms with van der Waals surface area (Å²) in [6, 6.07) is 6.56. The molecular formula is C22H25N5O2. The third-order valence-electron chi connectivity index (χ3n) is 5.90. The van der Waals surface area contributed by atoms with Gasteiger partial charge in [-0.25, -0.2) is 9.97 Å². The van der Waals surface area contributed by atoms with Crippen molar-refractivity contribution in [1.82, 2.24) is 20.2 Å². The summed E-state index contributed by atoms with van der Waals surface area (Å²) in [4.78, 5) is 25.6. The van der Waals surface area contributed by atoms with Gasteiger partial charge < -0.3 is 15.0 Å². The maximum absolute atomic E-state index is 11.9. The van der Waals surface area contributed by atoms with Gasteiger partial charge in [0.2, 0.25) is 5.95 Å². The van der Waals surface area contributed by atoms with Crippen molar-refractivity contribution in [3.05, 3.63) is 59.4 Å². The van der Waals surface area contributed by atoms with E-state index in [-0.39, 0.29) is 12.0 Å². The first-order valence-corrected chi connectivity index (χ1v) is 10.2. The van der Waals surface area contributed by atoms with E-state index < -0.39 is 0 Å². The average molecular weight is 391 g/mol. The molecule has 2 aromatic rings. The van der Waals surface area contributed by atoms with Crippen LogP contribution in [0, 0.1) is 0 Å². The summed E-state index contributed by atoms with van der Waals surface area (Å²) >= 11 is 0. The smallest absolute Gasteiger partial charge is 0.254 e. The number of hydrogen-bond donors (Lipinski definition) is 1. The molecule has 7 heteroatoms. The summed E-state index contributed by atoms with van der Waals surface area (Å²) in [5, 5.41) is 2.83. The van der Waals surface area contributed by atoms with Crippen molar-refractivity contribution >= 4 is 11.9 Å². The number of aromatic nitrogens is 2. The first-order chi connectivity index (χ1) is 14.2. The summed E-state index contributed by atoms with van der Waals surface area (Å²) in [5.41, 5.74) is 4.01. The van der Waals surface area contributed by atoms with Gasteiger partial charge in [0.25, 0.3) is 5.91 Å². The van der Waals surface area contributed by atoms with Crippen molar-refractivity contribution < 1.29 is 9.53 Å². The monoisotopic (exact) mass is 391 g/mol. The predicted molar refractivity (Wildman–Crippen MR) is 110 cm³/mol. The van der Waals surface area contributed by atoms with Crippen LogP contribution in [0.1, 0.15) is 27.2 Å². The van der Waals surface area contributed by atoms with Crippen LogP contribution in [-0.4, -0.2) is 59.6 Å². The van der Waals surface area contributed by atoms with Crippen molar-refractivity contribution in [2.24, 2.45) is 0 Å². The Hall–Kier alpha value is -2.93. The number of benzene rings is 1. The number of hydrogen-bond acceptors (Lipinski definition) is 6. The Morgan fingerprint density at radius 3 is 2.97 bits per heavy atom. The van der Waals surface area contributed by atoms with Crippen molar-refractivity contribution in [2.75, 3.05) is 37.6 Å². The Kier molecular flexibility index (Phi) is 4.67. The van der Waals surface area contributed by atoms with Crippen LogP contribution in [0.2, 0.25) is 0 Å². The van der Waals surface area contributed by atoms with Gasteiger partial charge in [-0.2, -0.15) is 0 Å². The molecule has 1 N–H and O–H groups in total. The first-order valence-electron chi connectivity index (χ1n) is 10.2. The Morgan fingerprint density at radius 1 is 1.28 bits per heavy atom. The highest BCUT2D eigenvalue weighted by Crippen LogP contribution is 2.30. The molecule has 1 atom stereocenters. The molecule has 0 aliphatic carbocycles. The van der Waals surface area contributed by atoms with Crippen LogP contribution in [0.25, 0.3) is 0 Å². The number of rotatable bonds is 4. The molecule has 0 unspecified atom stereocenters. The molecule has 7 nitrogen and oxygen atoms in total. The van der Waals surface area contributed by atoms with E-state index in [1.807, 2.05) is 6.08 Å². The molecule has 1 aromatic carbocycles. The highest BCUT2D eigenvalue weighted by Gasteiger charge is 2.24. The molecule has 150 valence electrons. The molecule has 3 aliphatic rings. The molecule has 0 saturated carbocycles. The fraction of sp³-hybridized carbons (Fsp3) is 0.409. The van der Waals surface area contributed by atoms with E-state index in [1.54, 1.807) is 6.20 Å².